The Balaban J connectivity index is 2.11. The molecule has 3 aromatic rings. The number of aromatic nitrogens is 3. The number of thiophene rings is 1. The highest BCUT2D eigenvalue weighted by Gasteiger charge is 2.13. The third-order valence-corrected chi connectivity index (χ3v) is 4.56. The topological polar surface area (TPSA) is 47.8 Å². The fraction of sp³-hybridized carbons (Fsp3) is 0.267. The molecule has 0 aliphatic carbocycles. The van der Waals surface area contributed by atoms with E-state index in [4.69, 9.17) is 0 Å². The van der Waals surface area contributed by atoms with Crippen LogP contribution >= 0.6 is 11.3 Å². The van der Waals surface area contributed by atoms with Crippen molar-refractivity contribution in [2.45, 2.75) is 27.3 Å². The molecule has 0 radical (unpaired) electrons. The van der Waals surface area contributed by atoms with Gasteiger partial charge in [0.1, 0.15) is 0 Å². The molecule has 3 rings (SSSR count). The van der Waals surface area contributed by atoms with E-state index in [-0.39, 0.29) is 5.56 Å². The van der Waals surface area contributed by atoms with E-state index < -0.39 is 0 Å². The maximum Gasteiger partial charge on any atom is 0.279 e. The molecule has 0 aliphatic heterocycles. The highest BCUT2D eigenvalue weighted by Crippen LogP contribution is 2.24. The molecule has 0 saturated carbocycles. The van der Waals surface area contributed by atoms with E-state index in [0.717, 1.165) is 20.8 Å². The van der Waals surface area contributed by atoms with Crippen LogP contribution in [0.4, 0.5) is 0 Å². The number of hydrogen-bond acceptors (Lipinski definition) is 4. The van der Waals surface area contributed by atoms with Gasteiger partial charge in [-0.25, -0.2) is 4.68 Å². The van der Waals surface area contributed by atoms with Crippen LogP contribution in [0.2, 0.25) is 0 Å². The summed E-state index contributed by atoms with van der Waals surface area (Å²) in [5.41, 5.74) is 3.19. The maximum absolute atomic E-state index is 12.5. The predicted molar refractivity (Wildman–Crippen MR) is 81.4 cm³/mol. The summed E-state index contributed by atoms with van der Waals surface area (Å²) in [5, 5.41) is 8.93. The van der Waals surface area contributed by atoms with E-state index in [0.29, 0.717) is 11.9 Å². The van der Waals surface area contributed by atoms with Gasteiger partial charge in [-0.15, -0.1) is 16.4 Å². The van der Waals surface area contributed by atoms with Gasteiger partial charge in [0.2, 0.25) is 0 Å². The summed E-state index contributed by atoms with van der Waals surface area (Å²) >= 11 is 1.52. The fourth-order valence-corrected chi connectivity index (χ4v) is 3.25. The summed E-state index contributed by atoms with van der Waals surface area (Å²) < 4.78 is 1.44. The van der Waals surface area contributed by atoms with Gasteiger partial charge in [-0.3, -0.25) is 4.79 Å². The lowest BCUT2D eigenvalue weighted by Crippen LogP contribution is -2.24. The molecule has 2 aromatic heterocycles. The Morgan fingerprint density at radius 3 is 2.80 bits per heavy atom. The second-order valence-corrected chi connectivity index (χ2v) is 6.21. The molecule has 2 heterocycles. The van der Waals surface area contributed by atoms with Crippen molar-refractivity contribution in [1.29, 1.82) is 0 Å². The largest absolute Gasteiger partial charge is 0.279 e. The van der Waals surface area contributed by atoms with E-state index in [1.807, 2.05) is 39.0 Å². The number of aryl methyl sites for hydroxylation is 3. The third kappa shape index (κ3) is 2.14. The van der Waals surface area contributed by atoms with E-state index in [1.54, 1.807) is 0 Å². The Morgan fingerprint density at radius 1 is 1.25 bits per heavy atom. The molecule has 0 N–H and O–H groups in total. The van der Waals surface area contributed by atoms with E-state index in [1.165, 1.54) is 21.6 Å². The molecule has 5 heteroatoms. The van der Waals surface area contributed by atoms with Crippen LogP contribution in [-0.2, 0) is 6.54 Å². The minimum atomic E-state index is -0.0571. The van der Waals surface area contributed by atoms with E-state index in [9.17, 15) is 4.79 Å². The Hall–Kier alpha value is -2.01. The monoisotopic (exact) mass is 285 g/mol. The smallest absolute Gasteiger partial charge is 0.267 e. The summed E-state index contributed by atoms with van der Waals surface area (Å²) in [7, 11) is 0. The zero-order valence-corrected chi connectivity index (χ0v) is 12.5. The van der Waals surface area contributed by atoms with Crippen molar-refractivity contribution in [3.8, 4) is 0 Å². The quantitative estimate of drug-likeness (QED) is 0.727. The average Bonchev–Trinajstić information content (AvgIpc) is 2.69. The van der Waals surface area contributed by atoms with Crippen molar-refractivity contribution < 1.29 is 0 Å². The summed E-state index contributed by atoms with van der Waals surface area (Å²) in [6, 6.07) is 8.08. The Morgan fingerprint density at radius 2 is 2.05 bits per heavy atom. The van der Waals surface area contributed by atoms with Crippen LogP contribution in [0.3, 0.4) is 0 Å². The maximum atomic E-state index is 12.5. The molecule has 0 amide bonds. The zero-order valence-electron chi connectivity index (χ0n) is 11.7. The minimum Gasteiger partial charge on any atom is -0.267 e. The number of fused-ring (bicyclic) bond motifs is 1. The molecule has 0 aliphatic rings. The van der Waals surface area contributed by atoms with Gasteiger partial charge in [-0.2, -0.15) is 0 Å². The standard InChI is InChI=1S/C15H15N3OS/c1-9-5-4-6-12(7-9)8-18-15(19)13-10(2)11(3)20-14(13)16-17-18/h4-7H,8H2,1-3H3. The second kappa shape index (κ2) is 4.83. The van der Waals surface area contributed by atoms with Gasteiger partial charge in [0.05, 0.1) is 11.9 Å². The predicted octanol–water partition coefficient (Wildman–Crippen LogP) is 2.83. The van der Waals surface area contributed by atoms with Gasteiger partial charge in [-0.1, -0.05) is 35.0 Å². The summed E-state index contributed by atoms with van der Waals surface area (Å²) in [5.74, 6) is 0. The van der Waals surface area contributed by atoms with Crippen molar-refractivity contribution in [1.82, 2.24) is 15.0 Å². The Kier molecular flexibility index (Phi) is 3.14. The SMILES string of the molecule is Cc1cccc(Cn2nnc3sc(C)c(C)c3c2=O)c1. The van der Waals surface area contributed by atoms with Gasteiger partial charge in [-0.05, 0) is 31.9 Å². The van der Waals surface area contributed by atoms with Crippen LogP contribution in [0.25, 0.3) is 10.2 Å². The van der Waals surface area contributed by atoms with Crippen LogP contribution in [-0.4, -0.2) is 15.0 Å². The van der Waals surface area contributed by atoms with Crippen LogP contribution < -0.4 is 5.56 Å². The number of benzene rings is 1. The molecular formula is C15H15N3OS. The van der Waals surface area contributed by atoms with Crippen molar-refractivity contribution in [3.05, 3.63) is 56.2 Å². The third-order valence-electron chi connectivity index (χ3n) is 3.47. The van der Waals surface area contributed by atoms with Crippen molar-refractivity contribution in [2.24, 2.45) is 0 Å². The molecule has 20 heavy (non-hydrogen) atoms. The first-order valence-corrected chi connectivity index (χ1v) is 7.27. The van der Waals surface area contributed by atoms with E-state index >= 15 is 0 Å². The molecule has 0 unspecified atom stereocenters. The molecular weight excluding hydrogens is 270 g/mol. The van der Waals surface area contributed by atoms with Crippen LogP contribution in [0, 0.1) is 20.8 Å². The summed E-state index contributed by atoms with van der Waals surface area (Å²) in [4.78, 5) is 14.4. The van der Waals surface area contributed by atoms with E-state index in [2.05, 4.69) is 16.4 Å². The van der Waals surface area contributed by atoms with Crippen molar-refractivity contribution in [3.63, 3.8) is 0 Å². The number of rotatable bonds is 2. The molecule has 0 atom stereocenters. The minimum absolute atomic E-state index is 0.0571. The molecule has 102 valence electrons. The van der Waals surface area contributed by atoms with Crippen LogP contribution in [0.15, 0.2) is 29.1 Å². The first-order valence-electron chi connectivity index (χ1n) is 6.45. The lowest BCUT2D eigenvalue weighted by atomic mass is 10.1. The molecule has 0 saturated heterocycles. The molecule has 1 aromatic carbocycles. The summed E-state index contributed by atoms with van der Waals surface area (Å²) in [6.45, 7) is 6.46. The highest BCUT2D eigenvalue weighted by atomic mass is 32.1. The second-order valence-electron chi connectivity index (χ2n) is 5.00. The van der Waals surface area contributed by atoms with Crippen molar-refractivity contribution in [2.75, 3.05) is 0 Å². The highest BCUT2D eigenvalue weighted by molar-refractivity contribution is 7.18. The van der Waals surface area contributed by atoms with Gasteiger partial charge >= 0.3 is 0 Å². The number of hydrogen-bond donors (Lipinski definition) is 0. The van der Waals surface area contributed by atoms with Gasteiger partial charge in [0.25, 0.3) is 5.56 Å². The lowest BCUT2D eigenvalue weighted by Gasteiger charge is -2.04. The molecule has 0 bridgehead atoms. The molecule has 0 fully saturated rings. The Bertz CT molecular complexity index is 848. The van der Waals surface area contributed by atoms with Crippen LogP contribution in [0.5, 0.6) is 0 Å². The zero-order chi connectivity index (χ0) is 14.3. The molecule has 0 spiro atoms. The summed E-state index contributed by atoms with van der Waals surface area (Å²) in [6.07, 6.45) is 0. The Labute approximate surface area is 120 Å². The fourth-order valence-electron chi connectivity index (χ4n) is 2.28. The lowest BCUT2D eigenvalue weighted by molar-refractivity contribution is 0.601. The molecule has 4 nitrogen and oxygen atoms in total. The first kappa shape index (κ1) is 13.0. The van der Waals surface area contributed by atoms with Crippen LogP contribution in [0.1, 0.15) is 21.6 Å². The van der Waals surface area contributed by atoms with Gasteiger partial charge in [0, 0.05) is 4.88 Å². The normalized spacial score (nSPS) is 11.2. The van der Waals surface area contributed by atoms with Gasteiger partial charge < -0.3 is 0 Å². The van der Waals surface area contributed by atoms with Crippen molar-refractivity contribution >= 4 is 21.6 Å². The average molecular weight is 285 g/mol. The number of nitrogens with zero attached hydrogens (tertiary/aromatic N) is 3. The van der Waals surface area contributed by atoms with Gasteiger partial charge in [0.15, 0.2) is 4.83 Å². The first-order chi connectivity index (χ1) is 9.56.